The van der Waals surface area contributed by atoms with Crippen LogP contribution in [-0.2, 0) is 0 Å². The van der Waals surface area contributed by atoms with Crippen molar-refractivity contribution in [2.24, 2.45) is 0 Å². The minimum Gasteiger partial charge on any atom is -0.298 e. The normalized spacial score (nSPS) is 27.0. The molecule has 1 saturated heterocycles. The fraction of sp³-hybridized carbons (Fsp3) is 1.00. The Hall–Kier alpha value is 0.177. The molecule has 0 saturated carbocycles. The molecular formula is C10H23NSi. The van der Waals surface area contributed by atoms with Crippen molar-refractivity contribution in [1.29, 1.82) is 0 Å². The fourth-order valence-electron chi connectivity index (χ4n) is 2.09. The molecule has 0 spiro atoms. The molecule has 0 amide bonds. The van der Waals surface area contributed by atoms with Gasteiger partial charge in [0.1, 0.15) is 0 Å². The number of nitrogens with zero attached hydrogens (tertiary/aromatic N) is 1. The molecule has 0 bridgehead atoms. The van der Waals surface area contributed by atoms with Gasteiger partial charge < -0.3 is 0 Å². The maximum absolute atomic E-state index is 2.68. The summed E-state index contributed by atoms with van der Waals surface area (Å²) in [6, 6.07) is 0. The van der Waals surface area contributed by atoms with Crippen molar-refractivity contribution in [3.05, 3.63) is 0 Å². The largest absolute Gasteiger partial charge is 0.298 e. The van der Waals surface area contributed by atoms with Crippen LogP contribution in [0.15, 0.2) is 0 Å². The molecule has 1 rings (SSSR count). The highest BCUT2D eigenvalue weighted by Gasteiger charge is 2.42. The van der Waals surface area contributed by atoms with E-state index in [1.165, 1.54) is 13.0 Å². The molecule has 0 aromatic carbocycles. The third kappa shape index (κ3) is 1.91. The highest BCUT2D eigenvalue weighted by molar-refractivity contribution is 6.77. The second-order valence-corrected chi connectivity index (χ2v) is 11.4. The van der Waals surface area contributed by atoms with Crippen LogP contribution in [-0.4, -0.2) is 30.7 Å². The molecule has 1 unspecified atom stereocenters. The van der Waals surface area contributed by atoms with E-state index in [0.717, 1.165) is 5.67 Å². The molecule has 0 aromatic rings. The van der Waals surface area contributed by atoms with E-state index in [0.29, 0.717) is 5.54 Å². The molecule has 0 aromatic heterocycles. The van der Waals surface area contributed by atoms with Crippen LogP contribution >= 0.6 is 0 Å². The summed E-state index contributed by atoms with van der Waals surface area (Å²) in [5.41, 5.74) is 1.32. The maximum atomic E-state index is 2.68. The quantitative estimate of drug-likeness (QED) is 0.568. The standard InChI is InChI=1S/C10H23NSi/c1-10(2,3)11-8-7-9(11)12(4,5)6/h9H,7-8H2,1-6H3. The van der Waals surface area contributed by atoms with Crippen LogP contribution in [0.5, 0.6) is 0 Å². The van der Waals surface area contributed by atoms with E-state index in [1.807, 2.05) is 0 Å². The van der Waals surface area contributed by atoms with Crippen molar-refractivity contribution in [3.8, 4) is 0 Å². The van der Waals surface area contributed by atoms with Gasteiger partial charge >= 0.3 is 0 Å². The number of rotatable bonds is 1. The van der Waals surface area contributed by atoms with E-state index < -0.39 is 8.07 Å². The van der Waals surface area contributed by atoms with Gasteiger partial charge in [-0.05, 0) is 33.7 Å². The smallest absolute Gasteiger partial charge is 0.0639 e. The van der Waals surface area contributed by atoms with Crippen LogP contribution in [0.2, 0.25) is 19.6 Å². The second-order valence-electron chi connectivity index (χ2n) is 6.03. The second kappa shape index (κ2) is 2.84. The molecule has 1 aliphatic rings. The lowest BCUT2D eigenvalue weighted by atomic mass is 10.0. The van der Waals surface area contributed by atoms with E-state index in [-0.39, 0.29) is 0 Å². The zero-order valence-electron chi connectivity index (χ0n) is 9.44. The lowest BCUT2D eigenvalue weighted by Crippen LogP contribution is -2.65. The molecule has 1 fully saturated rings. The van der Waals surface area contributed by atoms with E-state index >= 15 is 0 Å². The van der Waals surface area contributed by atoms with E-state index in [2.05, 4.69) is 45.3 Å². The number of likely N-dealkylation sites (tertiary alicyclic amines) is 1. The minimum absolute atomic E-state index is 0.392. The molecule has 0 aliphatic carbocycles. The summed E-state index contributed by atoms with van der Waals surface area (Å²) in [5, 5.41) is 0. The topological polar surface area (TPSA) is 3.24 Å². The first kappa shape index (κ1) is 10.3. The van der Waals surface area contributed by atoms with Gasteiger partial charge in [0.2, 0.25) is 0 Å². The van der Waals surface area contributed by atoms with Crippen molar-refractivity contribution in [1.82, 2.24) is 4.90 Å². The third-order valence-corrected chi connectivity index (χ3v) is 5.48. The Labute approximate surface area is 78.2 Å². The number of hydrogen-bond donors (Lipinski definition) is 0. The third-order valence-electron chi connectivity index (χ3n) is 2.88. The van der Waals surface area contributed by atoms with Crippen LogP contribution in [0.4, 0.5) is 0 Å². The van der Waals surface area contributed by atoms with Gasteiger partial charge in [0.15, 0.2) is 0 Å². The highest BCUT2D eigenvalue weighted by Crippen LogP contribution is 2.32. The van der Waals surface area contributed by atoms with Crippen LogP contribution in [0.3, 0.4) is 0 Å². The Morgan fingerprint density at radius 1 is 1.17 bits per heavy atom. The lowest BCUT2D eigenvalue weighted by Gasteiger charge is -2.54. The van der Waals surface area contributed by atoms with Crippen molar-refractivity contribution in [2.75, 3.05) is 6.54 Å². The molecular weight excluding hydrogens is 162 g/mol. The summed E-state index contributed by atoms with van der Waals surface area (Å²) in [6.07, 6.45) is 1.44. The summed E-state index contributed by atoms with van der Waals surface area (Å²) >= 11 is 0. The minimum atomic E-state index is -0.921. The zero-order valence-corrected chi connectivity index (χ0v) is 10.4. The fourth-order valence-corrected chi connectivity index (χ4v) is 4.54. The average Bonchev–Trinajstić information content (AvgIpc) is 1.46. The van der Waals surface area contributed by atoms with Crippen molar-refractivity contribution >= 4 is 8.07 Å². The van der Waals surface area contributed by atoms with Gasteiger partial charge in [-0.25, -0.2) is 0 Å². The SMILES string of the molecule is CC(C)(C)N1CCC1[Si](C)(C)C. The van der Waals surface area contributed by atoms with Crippen molar-refractivity contribution in [2.45, 2.75) is 58.0 Å². The van der Waals surface area contributed by atoms with E-state index in [4.69, 9.17) is 0 Å². The zero-order chi connectivity index (χ0) is 9.57. The Kier molecular flexibility index (Phi) is 2.43. The Morgan fingerprint density at radius 2 is 1.67 bits per heavy atom. The first-order chi connectivity index (χ1) is 5.23. The van der Waals surface area contributed by atoms with Crippen LogP contribution in [0, 0.1) is 0 Å². The summed E-state index contributed by atoms with van der Waals surface area (Å²) in [7, 11) is -0.921. The summed E-state index contributed by atoms with van der Waals surface area (Å²) in [6.45, 7) is 15.8. The van der Waals surface area contributed by atoms with Gasteiger partial charge in [0, 0.05) is 11.2 Å². The molecule has 1 aliphatic heterocycles. The first-order valence-corrected chi connectivity index (χ1v) is 8.57. The summed E-state index contributed by atoms with van der Waals surface area (Å²) in [4.78, 5) is 2.68. The van der Waals surface area contributed by atoms with Gasteiger partial charge in [0.05, 0.1) is 8.07 Å². The Bertz CT molecular complexity index is 144. The predicted molar refractivity (Wildman–Crippen MR) is 58.2 cm³/mol. The Morgan fingerprint density at radius 3 is 1.75 bits per heavy atom. The molecule has 12 heavy (non-hydrogen) atoms. The molecule has 72 valence electrons. The summed E-state index contributed by atoms with van der Waals surface area (Å²) < 4.78 is 0. The number of hydrogen-bond acceptors (Lipinski definition) is 1. The molecule has 1 nitrogen and oxygen atoms in total. The predicted octanol–water partition coefficient (Wildman–Crippen LogP) is 2.74. The molecule has 0 radical (unpaired) electrons. The van der Waals surface area contributed by atoms with Gasteiger partial charge in [-0.1, -0.05) is 19.6 Å². The monoisotopic (exact) mass is 185 g/mol. The van der Waals surface area contributed by atoms with Crippen molar-refractivity contribution < 1.29 is 0 Å². The average molecular weight is 185 g/mol. The van der Waals surface area contributed by atoms with E-state index in [9.17, 15) is 0 Å². The van der Waals surface area contributed by atoms with E-state index in [1.54, 1.807) is 0 Å². The van der Waals surface area contributed by atoms with Crippen LogP contribution in [0.25, 0.3) is 0 Å². The van der Waals surface area contributed by atoms with Crippen LogP contribution < -0.4 is 0 Å². The first-order valence-electron chi connectivity index (χ1n) is 4.99. The lowest BCUT2D eigenvalue weighted by molar-refractivity contribution is 0.0389. The van der Waals surface area contributed by atoms with Gasteiger partial charge in [-0.3, -0.25) is 4.90 Å². The van der Waals surface area contributed by atoms with Crippen LogP contribution in [0.1, 0.15) is 27.2 Å². The molecule has 1 heterocycles. The summed E-state index contributed by atoms with van der Waals surface area (Å²) in [5.74, 6) is 0. The van der Waals surface area contributed by atoms with Crippen molar-refractivity contribution in [3.63, 3.8) is 0 Å². The molecule has 0 N–H and O–H groups in total. The van der Waals surface area contributed by atoms with Gasteiger partial charge in [0.25, 0.3) is 0 Å². The molecule has 1 atom stereocenters. The van der Waals surface area contributed by atoms with Gasteiger partial charge in [-0.15, -0.1) is 0 Å². The highest BCUT2D eigenvalue weighted by atomic mass is 28.3. The van der Waals surface area contributed by atoms with Gasteiger partial charge in [-0.2, -0.15) is 0 Å². The maximum Gasteiger partial charge on any atom is 0.0639 e. The molecule has 2 heteroatoms. The Balaban J connectivity index is 2.62.